The van der Waals surface area contributed by atoms with Gasteiger partial charge in [0, 0.05) is 29.2 Å². The van der Waals surface area contributed by atoms with Crippen LogP contribution >= 0.6 is 0 Å². The smallest absolute Gasteiger partial charge is 0.248 e. The Balaban J connectivity index is 1.93. The lowest BCUT2D eigenvalue weighted by Gasteiger charge is -2.10. The van der Waals surface area contributed by atoms with Crippen LogP contribution in [0, 0.1) is 18.6 Å². The molecule has 0 saturated carbocycles. The van der Waals surface area contributed by atoms with Crippen molar-refractivity contribution in [1.29, 1.82) is 0 Å². The third kappa shape index (κ3) is 3.44. The zero-order valence-electron chi connectivity index (χ0n) is 14.5. The number of benzene rings is 2. The molecule has 3 rings (SSSR count). The van der Waals surface area contributed by atoms with E-state index in [1.165, 1.54) is 13.2 Å². The highest BCUT2D eigenvalue weighted by Crippen LogP contribution is 2.33. The van der Waals surface area contributed by atoms with Crippen molar-refractivity contribution in [1.82, 2.24) is 0 Å². The van der Waals surface area contributed by atoms with Gasteiger partial charge in [-0.2, -0.15) is 0 Å². The number of hydrogen-bond acceptors (Lipinski definition) is 3. The highest BCUT2D eigenvalue weighted by molar-refractivity contribution is 6.04. The number of furan rings is 1. The van der Waals surface area contributed by atoms with Crippen LogP contribution in [0.2, 0.25) is 0 Å². The number of nitrogens with one attached hydrogen (secondary N) is 1. The molecule has 0 fully saturated rings. The number of aryl methyl sites for hydroxylation is 1. The van der Waals surface area contributed by atoms with Crippen LogP contribution in [-0.4, -0.2) is 13.0 Å². The summed E-state index contributed by atoms with van der Waals surface area (Å²) in [5.74, 6) is -1.37. The minimum atomic E-state index is -0.709. The van der Waals surface area contributed by atoms with Gasteiger partial charge in [-0.15, -0.1) is 0 Å². The van der Waals surface area contributed by atoms with E-state index in [-0.39, 0.29) is 5.69 Å². The molecule has 1 N–H and O–H groups in total. The second-order valence-electron chi connectivity index (χ2n) is 5.91. The maximum absolute atomic E-state index is 13.7. The Labute approximate surface area is 149 Å². The summed E-state index contributed by atoms with van der Waals surface area (Å²) >= 11 is 0. The lowest BCUT2D eigenvalue weighted by molar-refractivity contribution is -0.111. The number of ether oxygens (including phenoxy) is 1. The van der Waals surface area contributed by atoms with Gasteiger partial charge >= 0.3 is 0 Å². The number of rotatable bonds is 4. The number of fused-ring (bicyclic) bond motifs is 1. The van der Waals surface area contributed by atoms with Gasteiger partial charge in [0.25, 0.3) is 0 Å². The van der Waals surface area contributed by atoms with Crippen LogP contribution in [0.3, 0.4) is 0 Å². The van der Waals surface area contributed by atoms with Gasteiger partial charge in [0.15, 0.2) is 0 Å². The monoisotopic (exact) mass is 357 g/mol. The number of amides is 1. The molecule has 0 saturated heterocycles. The van der Waals surface area contributed by atoms with Gasteiger partial charge in [0.1, 0.15) is 23.0 Å². The van der Waals surface area contributed by atoms with Crippen molar-refractivity contribution in [2.45, 2.75) is 13.8 Å². The van der Waals surface area contributed by atoms with Crippen molar-refractivity contribution in [3.63, 3.8) is 0 Å². The van der Waals surface area contributed by atoms with E-state index < -0.39 is 17.5 Å². The standard InChI is InChI=1S/C20H17F2NO3/c1-11(6-20(24)23-17-7-13(21)4-5-16(17)22)14-8-15-12(2)10-26-19(15)9-18(14)25-3/h4-10H,1-3H3,(H,23,24)/b11-6+. The summed E-state index contributed by atoms with van der Waals surface area (Å²) < 4.78 is 37.7. The van der Waals surface area contributed by atoms with Crippen molar-refractivity contribution >= 4 is 28.1 Å². The summed E-state index contributed by atoms with van der Waals surface area (Å²) in [6, 6.07) is 6.49. The number of hydrogen-bond donors (Lipinski definition) is 1. The molecule has 0 atom stereocenters. The van der Waals surface area contributed by atoms with E-state index >= 15 is 0 Å². The van der Waals surface area contributed by atoms with Gasteiger partial charge in [-0.25, -0.2) is 8.78 Å². The first-order valence-corrected chi connectivity index (χ1v) is 7.89. The Morgan fingerprint density at radius 3 is 2.73 bits per heavy atom. The van der Waals surface area contributed by atoms with E-state index in [0.29, 0.717) is 22.5 Å². The van der Waals surface area contributed by atoms with Crippen molar-refractivity contribution in [2.24, 2.45) is 0 Å². The lowest BCUT2D eigenvalue weighted by Crippen LogP contribution is -2.10. The average Bonchev–Trinajstić information content (AvgIpc) is 2.97. The van der Waals surface area contributed by atoms with E-state index in [4.69, 9.17) is 9.15 Å². The predicted molar refractivity (Wildman–Crippen MR) is 96.1 cm³/mol. The number of methoxy groups -OCH3 is 1. The summed E-state index contributed by atoms with van der Waals surface area (Å²) in [6.45, 7) is 3.65. The van der Waals surface area contributed by atoms with Gasteiger partial charge in [0.2, 0.25) is 5.91 Å². The Bertz CT molecular complexity index is 1020. The maximum atomic E-state index is 13.7. The molecule has 1 amide bonds. The molecule has 4 nitrogen and oxygen atoms in total. The fourth-order valence-corrected chi connectivity index (χ4v) is 2.70. The zero-order chi connectivity index (χ0) is 18.8. The molecule has 26 heavy (non-hydrogen) atoms. The van der Waals surface area contributed by atoms with Gasteiger partial charge < -0.3 is 14.5 Å². The molecular weight excluding hydrogens is 340 g/mol. The third-order valence-electron chi connectivity index (χ3n) is 4.05. The Morgan fingerprint density at radius 1 is 1.23 bits per heavy atom. The van der Waals surface area contributed by atoms with Crippen LogP contribution in [0.25, 0.3) is 16.5 Å². The number of carbonyl (C=O) groups excluding carboxylic acids is 1. The molecule has 1 aromatic heterocycles. The van der Waals surface area contributed by atoms with Crippen LogP contribution in [0.5, 0.6) is 5.75 Å². The van der Waals surface area contributed by atoms with Gasteiger partial charge in [-0.05, 0) is 43.2 Å². The molecule has 0 radical (unpaired) electrons. The number of carbonyl (C=O) groups is 1. The summed E-state index contributed by atoms with van der Waals surface area (Å²) in [6.07, 6.45) is 2.95. The Hall–Kier alpha value is -3.15. The molecule has 0 unspecified atom stereocenters. The van der Waals surface area contributed by atoms with E-state index in [1.54, 1.807) is 19.3 Å². The highest BCUT2D eigenvalue weighted by Gasteiger charge is 2.13. The van der Waals surface area contributed by atoms with Gasteiger partial charge in [-0.3, -0.25) is 4.79 Å². The van der Waals surface area contributed by atoms with Gasteiger partial charge in [-0.1, -0.05) is 0 Å². The molecule has 6 heteroatoms. The quantitative estimate of drug-likeness (QED) is 0.663. The topological polar surface area (TPSA) is 51.5 Å². The van der Waals surface area contributed by atoms with Crippen molar-refractivity contribution in [3.8, 4) is 5.75 Å². The molecule has 2 aromatic carbocycles. The van der Waals surface area contributed by atoms with Crippen molar-refractivity contribution in [3.05, 3.63) is 65.4 Å². The fraction of sp³-hybridized carbons (Fsp3) is 0.150. The van der Waals surface area contributed by atoms with Crippen LogP contribution in [0.4, 0.5) is 14.5 Å². The molecule has 0 bridgehead atoms. The summed E-state index contributed by atoms with van der Waals surface area (Å²) in [5, 5.41) is 3.25. The maximum Gasteiger partial charge on any atom is 0.248 e. The molecule has 0 aliphatic rings. The molecule has 0 aliphatic carbocycles. The summed E-state index contributed by atoms with van der Waals surface area (Å²) in [5.41, 5.74) is 2.75. The Kier molecular flexibility index (Phi) is 4.75. The molecule has 134 valence electrons. The zero-order valence-corrected chi connectivity index (χ0v) is 14.5. The normalized spacial score (nSPS) is 11.7. The van der Waals surface area contributed by atoms with E-state index in [9.17, 15) is 13.6 Å². The predicted octanol–water partition coefficient (Wildman–Crippen LogP) is 5.07. The molecule has 1 heterocycles. The van der Waals surface area contributed by atoms with E-state index in [2.05, 4.69) is 5.32 Å². The van der Waals surface area contributed by atoms with Crippen LogP contribution in [0.15, 0.2) is 47.1 Å². The summed E-state index contributed by atoms with van der Waals surface area (Å²) in [7, 11) is 1.52. The van der Waals surface area contributed by atoms with Gasteiger partial charge in [0.05, 0.1) is 19.1 Å². The molecule has 0 aliphatic heterocycles. The molecule has 0 spiro atoms. The van der Waals surface area contributed by atoms with E-state index in [0.717, 1.165) is 29.1 Å². The fourth-order valence-electron chi connectivity index (χ4n) is 2.70. The first-order valence-electron chi connectivity index (χ1n) is 7.89. The SMILES string of the molecule is COc1cc2occ(C)c2cc1/C(C)=C/C(=O)Nc1cc(F)ccc1F. The largest absolute Gasteiger partial charge is 0.496 e. The average molecular weight is 357 g/mol. The second kappa shape index (κ2) is 7.00. The molecular formula is C20H17F2NO3. The first-order chi connectivity index (χ1) is 12.4. The first kappa shape index (κ1) is 17.7. The number of halogens is 2. The Morgan fingerprint density at radius 2 is 2.00 bits per heavy atom. The second-order valence-corrected chi connectivity index (χ2v) is 5.91. The minimum absolute atomic E-state index is 0.216. The third-order valence-corrected chi connectivity index (χ3v) is 4.05. The van der Waals surface area contributed by atoms with Crippen LogP contribution in [0.1, 0.15) is 18.1 Å². The molecule has 3 aromatic rings. The summed E-state index contributed by atoms with van der Waals surface area (Å²) in [4.78, 5) is 12.2. The number of allylic oxidation sites excluding steroid dienone is 1. The minimum Gasteiger partial charge on any atom is -0.496 e. The number of anilines is 1. The highest BCUT2D eigenvalue weighted by atomic mass is 19.1. The van der Waals surface area contributed by atoms with Crippen LogP contribution < -0.4 is 10.1 Å². The van der Waals surface area contributed by atoms with Crippen LogP contribution in [-0.2, 0) is 4.79 Å². The van der Waals surface area contributed by atoms with Crippen molar-refractivity contribution in [2.75, 3.05) is 12.4 Å². The lowest BCUT2D eigenvalue weighted by atomic mass is 10.0. The van der Waals surface area contributed by atoms with E-state index in [1.807, 2.05) is 13.0 Å². The van der Waals surface area contributed by atoms with Crippen molar-refractivity contribution < 1.29 is 22.7 Å².